The highest BCUT2D eigenvalue weighted by Gasteiger charge is 2.32. The number of likely N-dealkylation sites (tertiary alicyclic amines) is 1. The summed E-state index contributed by atoms with van der Waals surface area (Å²) in [6.07, 6.45) is 13.1. The van der Waals surface area contributed by atoms with E-state index in [1.807, 2.05) is 30.3 Å². The number of carbonyl (C=O) groups excluding carboxylic acids is 1. The molecule has 3 aromatic heterocycles. The minimum Gasteiger partial charge on any atom is -0.329 e. The third-order valence-corrected chi connectivity index (χ3v) is 4.86. The van der Waals surface area contributed by atoms with E-state index in [1.165, 1.54) is 6.20 Å². The van der Waals surface area contributed by atoms with Gasteiger partial charge >= 0.3 is 0 Å². The molecular formula is C19H20N6O. The average molecular weight is 348 g/mol. The fourth-order valence-corrected chi connectivity index (χ4v) is 3.57. The third-order valence-electron chi connectivity index (χ3n) is 4.86. The number of piperidine rings is 1. The Labute approximate surface area is 151 Å². The van der Waals surface area contributed by atoms with Crippen LogP contribution < -0.4 is 0 Å². The Kier molecular flexibility index (Phi) is 4.43. The number of carbonyl (C=O) groups is 1. The highest BCUT2D eigenvalue weighted by atomic mass is 16.2. The topological polar surface area (TPSA) is 87.7 Å². The van der Waals surface area contributed by atoms with Gasteiger partial charge in [0.05, 0.1) is 24.1 Å². The van der Waals surface area contributed by atoms with Gasteiger partial charge in [-0.25, -0.2) is 4.98 Å². The van der Waals surface area contributed by atoms with Crippen LogP contribution in [0.4, 0.5) is 0 Å². The molecule has 4 rings (SSSR count). The van der Waals surface area contributed by atoms with Gasteiger partial charge in [-0.3, -0.25) is 19.9 Å². The van der Waals surface area contributed by atoms with Crippen molar-refractivity contribution in [3.63, 3.8) is 0 Å². The average Bonchev–Trinajstić information content (AvgIpc) is 3.18. The number of nitrogens with one attached hydrogen (secondary N) is 1. The maximum Gasteiger partial charge on any atom is 0.274 e. The monoisotopic (exact) mass is 348 g/mol. The van der Waals surface area contributed by atoms with Crippen LogP contribution in [0.25, 0.3) is 11.1 Å². The number of aromatic nitrogens is 5. The molecule has 132 valence electrons. The quantitative estimate of drug-likeness (QED) is 0.786. The van der Waals surface area contributed by atoms with Crippen LogP contribution in [0.3, 0.4) is 0 Å². The van der Waals surface area contributed by atoms with Gasteiger partial charge in [0.2, 0.25) is 0 Å². The number of hydrogen-bond acceptors (Lipinski definition) is 5. The van der Waals surface area contributed by atoms with Crippen LogP contribution in [0.15, 0.2) is 43.2 Å². The van der Waals surface area contributed by atoms with Crippen molar-refractivity contribution < 1.29 is 4.79 Å². The van der Waals surface area contributed by atoms with Crippen LogP contribution in [0.2, 0.25) is 0 Å². The SMILES string of the molecule is Cc1cnccc1-c1cn[nH]c1C1CCCCN1C(=O)c1cnccn1. The molecule has 0 aromatic carbocycles. The van der Waals surface area contributed by atoms with Crippen molar-refractivity contribution in [2.24, 2.45) is 0 Å². The molecular weight excluding hydrogens is 328 g/mol. The molecule has 7 nitrogen and oxygen atoms in total. The van der Waals surface area contributed by atoms with Gasteiger partial charge in [0, 0.05) is 36.9 Å². The van der Waals surface area contributed by atoms with E-state index in [0.717, 1.165) is 41.6 Å². The number of nitrogens with zero attached hydrogens (tertiary/aromatic N) is 5. The van der Waals surface area contributed by atoms with Gasteiger partial charge in [0.25, 0.3) is 5.91 Å². The van der Waals surface area contributed by atoms with Gasteiger partial charge in [-0.05, 0) is 43.4 Å². The molecule has 1 atom stereocenters. The summed E-state index contributed by atoms with van der Waals surface area (Å²) in [6, 6.07) is 1.93. The fraction of sp³-hybridized carbons (Fsp3) is 0.316. The van der Waals surface area contributed by atoms with Crippen molar-refractivity contribution in [3.05, 3.63) is 60.2 Å². The minimum absolute atomic E-state index is 0.0525. The Hall–Kier alpha value is -3.09. The number of pyridine rings is 1. The van der Waals surface area contributed by atoms with Crippen LogP contribution in [-0.4, -0.2) is 42.5 Å². The summed E-state index contributed by atoms with van der Waals surface area (Å²) in [5.74, 6) is -0.0881. The lowest BCUT2D eigenvalue weighted by Crippen LogP contribution is -2.39. The van der Waals surface area contributed by atoms with Gasteiger partial charge in [-0.1, -0.05) is 0 Å². The van der Waals surface area contributed by atoms with E-state index in [0.29, 0.717) is 12.2 Å². The van der Waals surface area contributed by atoms with E-state index in [-0.39, 0.29) is 11.9 Å². The molecule has 7 heteroatoms. The summed E-state index contributed by atoms with van der Waals surface area (Å²) < 4.78 is 0. The predicted octanol–water partition coefficient (Wildman–Crippen LogP) is 2.94. The summed E-state index contributed by atoms with van der Waals surface area (Å²) in [4.78, 5) is 27.3. The molecule has 1 aliphatic heterocycles. The first-order valence-electron chi connectivity index (χ1n) is 8.77. The predicted molar refractivity (Wildman–Crippen MR) is 96.2 cm³/mol. The Balaban J connectivity index is 1.71. The van der Waals surface area contributed by atoms with Crippen LogP contribution >= 0.6 is 0 Å². The fourth-order valence-electron chi connectivity index (χ4n) is 3.57. The smallest absolute Gasteiger partial charge is 0.274 e. The molecule has 1 fully saturated rings. The molecule has 0 radical (unpaired) electrons. The van der Waals surface area contributed by atoms with Gasteiger partial charge in [0.15, 0.2) is 0 Å². The molecule has 0 aliphatic carbocycles. The Morgan fingerprint density at radius 1 is 1.12 bits per heavy atom. The number of rotatable bonds is 3. The van der Waals surface area contributed by atoms with Crippen molar-refractivity contribution in [1.82, 2.24) is 30.0 Å². The van der Waals surface area contributed by atoms with Crippen molar-refractivity contribution in [2.75, 3.05) is 6.54 Å². The van der Waals surface area contributed by atoms with Crippen molar-refractivity contribution >= 4 is 5.91 Å². The lowest BCUT2D eigenvalue weighted by atomic mass is 9.93. The molecule has 0 bridgehead atoms. The molecule has 1 amide bonds. The summed E-state index contributed by atoms with van der Waals surface area (Å²) in [6.45, 7) is 2.73. The van der Waals surface area contributed by atoms with Gasteiger partial charge in [0.1, 0.15) is 5.69 Å². The van der Waals surface area contributed by atoms with Crippen molar-refractivity contribution in [3.8, 4) is 11.1 Å². The second kappa shape index (κ2) is 7.03. The first-order chi connectivity index (χ1) is 12.8. The molecule has 1 N–H and O–H groups in total. The highest BCUT2D eigenvalue weighted by Crippen LogP contribution is 2.36. The second-order valence-corrected chi connectivity index (χ2v) is 6.49. The van der Waals surface area contributed by atoms with Gasteiger partial charge in [-0.15, -0.1) is 0 Å². The van der Waals surface area contributed by atoms with E-state index in [2.05, 4.69) is 25.1 Å². The lowest BCUT2D eigenvalue weighted by molar-refractivity contribution is 0.0600. The summed E-state index contributed by atoms with van der Waals surface area (Å²) >= 11 is 0. The molecule has 3 aromatic rings. The van der Waals surface area contributed by atoms with Crippen LogP contribution in [0, 0.1) is 6.92 Å². The van der Waals surface area contributed by atoms with Gasteiger partial charge < -0.3 is 4.90 Å². The highest BCUT2D eigenvalue weighted by molar-refractivity contribution is 5.92. The largest absolute Gasteiger partial charge is 0.329 e. The maximum atomic E-state index is 13.0. The number of hydrogen-bond donors (Lipinski definition) is 1. The lowest BCUT2D eigenvalue weighted by Gasteiger charge is -2.35. The minimum atomic E-state index is -0.0881. The second-order valence-electron chi connectivity index (χ2n) is 6.49. The van der Waals surface area contributed by atoms with Crippen molar-refractivity contribution in [1.29, 1.82) is 0 Å². The number of H-pyrrole nitrogens is 1. The molecule has 0 saturated carbocycles. The van der Waals surface area contributed by atoms with Crippen molar-refractivity contribution in [2.45, 2.75) is 32.2 Å². The number of amides is 1. The number of aryl methyl sites for hydroxylation is 1. The maximum absolute atomic E-state index is 13.0. The molecule has 1 saturated heterocycles. The van der Waals surface area contributed by atoms with E-state index >= 15 is 0 Å². The normalized spacial score (nSPS) is 17.3. The van der Waals surface area contributed by atoms with Crippen LogP contribution in [0.5, 0.6) is 0 Å². The number of aromatic amines is 1. The first kappa shape index (κ1) is 16.4. The molecule has 0 spiro atoms. The summed E-state index contributed by atoms with van der Waals surface area (Å²) in [5, 5.41) is 7.41. The summed E-state index contributed by atoms with van der Waals surface area (Å²) in [7, 11) is 0. The van der Waals surface area contributed by atoms with E-state index in [1.54, 1.807) is 18.6 Å². The zero-order valence-corrected chi connectivity index (χ0v) is 14.6. The van der Waals surface area contributed by atoms with E-state index in [9.17, 15) is 4.79 Å². The molecule has 26 heavy (non-hydrogen) atoms. The zero-order chi connectivity index (χ0) is 17.9. The third kappa shape index (κ3) is 2.96. The van der Waals surface area contributed by atoms with E-state index < -0.39 is 0 Å². The zero-order valence-electron chi connectivity index (χ0n) is 14.6. The Morgan fingerprint density at radius 2 is 2.00 bits per heavy atom. The molecule has 4 heterocycles. The van der Waals surface area contributed by atoms with Gasteiger partial charge in [-0.2, -0.15) is 5.10 Å². The van der Waals surface area contributed by atoms with Crippen LogP contribution in [-0.2, 0) is 0 Å². The Bertz CT molecular complexity index is 907. The summed E-state index contributed by atoms with van der Waals surface area (Å²) in [5.41, 5.74) is 4.53. The Morgan fingerprint density at radius 3 is 2.81 bits per heavy atom. The molecule has 1 aliphatic rings. The van der Waals surface area contributed by atoms with Crippen LogP contribution in [0.1, 0.15) is 47.1 Å². The first-order valence-corrected chi connectivity index (χ1v) is 8.77. The standard InChI is InChI=1S/C19H20N6O/c1-13-10-20-6-5-14(13)15-11-23-24-18(15)17-4-2-3-9-25(17)19(26)16-12-21-7-8-22-16/h5-8,10-12,17H,2-4,9H2,1H3,(H,23,24). The van der Waals surface area contributed by atoms with E-state index in [4.69, 9.17) is 0 Å². The molecule has 1 unspecified atom stereocenters.